The predicted molar refractivity (Wildman–Crippen MR) is 90.1 cm³/mol. The van der Waals surface area contributed by atoms with Crippen LogP contribution in [0.15, 0.2) is 0 Å². The molecule has 1 aliphatic carbocycles. The third kappa shape index (κ3) is 5.39. The summed E-state index contributed by atoms with van der Waals surface area (Å²) < 4.78 is 61.1. The van der Waals surface area contributed by atoms with Crippen LogP contribution in [-0.4, -0.2) is 22.1 Å². The fourth-order valence-corrected chi connectivity index (χ4v) is 7.21. The Bertz CT molecular complexity index is 581. The first-order valence-corrected chi connectivity index (χ1v) is 11.2. The highest BCUT2D eigenvalue weighted by Crippen LogP contribution is 2.46. The van der Waals surface area contributed by atoms with Crippen LogP contribution in [0.3, 0.4) is 0 Å². The lowest BCUT2D eigenvalue weighted by Gasteiger charge is -2.45. The highest BCUT2D eigenvalue weighted by Gasteiger charge is 2.48. The molecule has 0 aliphatic heterocycles. The normalized spacial score (nSPS) is 30.3. The zero-order chi connectivity index (χ0) is 18.2. The maximum Gasteiger partial charge on any atom is 0.385 e. The van der Waals surface area contributed by atoms with E-state index >= 15 is 0 Å². The zero-order valence-electron chi connectivity index (χ0n) is 14.8. The van der Waals surface area contributed by atoms with Crippen LogP contribution in [0.4, 0.5) is 3.89 Å². The third-order valence-electron chi connectivity index (χ3n) is 5.22. The van der Waals surface area contributed by atoms with Crippen LogP contribution in [0.25, 0.3) is 0 Å². The molecule has 0 saturated heterocycles. The van der Waals surface area contributed by atoms with Crippen LogP contribution in [0.2, 0.25) is 0 Å². The highest BCUT2D eigenvalue weighted by molar-refractivity contribution is 8.02. The summed E-state index contributed by atoms with van der Waals surface area (Å²) in [5.74, 6) is 0.580. The Balaban J connectivity index is 3.32. The van der Waals surface area contributed by atoms with Gasteiger partial charge < -0.3 is 0 Å². The maximum absolute atomic E-state index is 13.0. The molecule has 8 heteroatoms. The van der Waals surface area contributed by atoms with Crippen LogP contribution in [0.1, 0.15) is 54.4 Å². The summed E-state index contributed by atoms with van der Waals surface area (Å²) in [5, 5.41) is -0.886. The molecule has 1 fully saturated rings. The first kappa shape index (κ1) is 20.8. The average Bonchev–Trinajstić information content (AvgIpc) is 2.33. The number of rotatable bonds is 6. The molecule has 2 unspecified atom stereocenters. The van der Waals surface area contributed by atoms with Crippen LogP contribution in [0, 0.1) is 35.5 Å². The molecule has 0 amide bonds. The highest BCUT2D eigenvalue weighted by atomic mass is 32.3. The standard InChI is InChI=1S/C15H30FNO4S2/c1-9(2)12-7-13(10(3)4)15(14(8-12)11(5)6)22(18,19)17-23(16,20)21/h9-15,17H,7-8H2,1-6H3. The largest absolute Gasteiger partial charge is 0.385 e. The van der Waals surface area contributed by atoms with E-state index in [0.29, 0.717) is 11.8 Å². The number of halogens is 1. The van der Waals surface area contributed by atoms with Crippen molar-refractivity contribution in [3.05, 3.63) is 0 Å². The van der Waals surface area contributed by atoms with Gasteiger partial charge in [0.25, 0.3) is 0 Å². The van der Waals surface area contributed by atoms with Gasteiger partial charge in [-0.15, -0.1) is 0 Å². The zero-order valence-corrected chi connectivity index (χ0v) is 16.4. The van der Waals surface area contributed by atoms with Gasteiger partial charge in [0.2, 0.25) is 10.0 Å². The van der Waals surface area contributed by atoms with Gasteiger partial charge in [0.1, 0.15) is 0 Å². The Hall–Kier alpha value is -0.210. The van der Waals surface area contributed by atoms with E-state index in [9.17, 15) is 20.7 Å². The molecular formula is C15H30FNO4S2. The van der Waals surface area contributed by atoms with Gasteiger partial charge in [-0.25, -0.2) is 8.42 Å². The fourth-order valence-electron chi connectivity index (χ4n) is 3.88. The van der Waals surface area contributed by atoms with E-state index in [1.165, 1.54) is 4.13 Å². The Morgan fingerprint density at radius 1 is 0.826 bits per heavy atom. The maximum atomic E-state index is 13.0. The van der Waals surface area contributed by atoms with Crippen molar-refractivity contribution in [1.82, 2.24) is 4.13 Å². The van der Waals surface area contributed by atoms with E-state index in [0.717, 1.165) is 12.8 Å². The van der Waals surface area contributed by atoms with Crippen molar-refractivity contribution < 1.29 is 20.7 Å². The van der Waals surface area contributed by atoms with Crippen molar-refractivity contribution in [2.24, 2.45) is 35.5 Å². The van der Waals surface area contributed by atoms with Gasteiger partial charge in [-0.3, -0.25) is 0 Å². The van der Waals surface area contributed by atoms with Gasteiger partial charge in [-0.1, -0.05) is 49.6 Å². The summed E-state index contributed by atoms with van der Waals surface area (Å²) in [6, 6.07) is 0. The Kier molecular flexibility index (Phi) is 6.66. The van der Waals surface area contributed by atoms with Crippen molar-refractivity contribution >= 4 is 20.4 Å². The summed E-state index contributed by atoms with van der Waals surface area (Å²) in [4.78, 5) is 0. The van der Waals surface area contributed by atoms with Gasteiger partial charge in [0, 0.05) is 0 Å². The second-order valence-corrected chi connectivity index (χ2v) is 11.0. The monoisotopic (exact) mass is 371 g/mol. The van der Waals surface area contributed by atoms with Gasteiger partial charge >= 0.3 is 10.4 Å². The molecule has 0 bridgehead atoms. The molecule has 23 heavy (non-hydrogen) atoms. The lowest BCUT2D eigenvalue weighted by atomic mass is 9.65. The van der Waals surface area contributed by atoms with Crippen LogP contribution in [-0.2, 0) is 20.4 Å². The van der Waals surface area contributed by atoms with Gasteiger partial charge in [0.05, 0.1) is 5.25 Å². The number of sulfonamides is 1. The second-order valence-electron chi connectivity index (χ2n) is 7.82. The van der Waals surface area contributed by atoms with E-state index in [1.54, 1.807) is 0 Å². The molecule has 1 aliphatic rings. The van der Waals surface area contributed by atoms with E-state index in [1.807, 2.05) is 27.7 Å². The molecule has 0 heterocycles. The topological polar surface area (TPSA) is 80.3 Å². The molecule has 1 saturated carbocycles. The van der Waals surface area contributed by atoms with Gasteiger partial charge in [-0.05, 0) is 48.3 Å². The SMILES string of the molecule is CC(C)C1CC(C(C)C)C(S(=O)(=O)NS(=O)(=O)F)C(C(C)C)C1. The summed E-state index contributed by atoms with van der Waals surface area (Å²) in [6.07, 6.45) is 1.44. The molecular weight excluding hydrogens is 341 g/mol. The van der Waals surface area contributed by atoms with Crippen molar-refractivity contribution in [2.75, 3.05) is 0 Å². The first-order chi connectivity index (χ1) is 10.3. The second kappa shape index (κ2) is 7.35. The molecule has 0 aromatic carbocycles. The lowest BCUT2D eigenvalue weighted by Crippen LogP contribution is -2.51. The van der Waals surface area contributed by atoms with E-state index < -0.39 is 25.7 Å². The van der Waals surface area contributed by atoms with Crippen LogP contribution in [0.5, 0.6) is 0 Å². The Morgan fingerprint density at radius 2 is 1.22 bits per heavy atom. The number of hydrogen-bond acceptors (Lipinski definition) is 4. The predicted octanol–water partition coefficient (Wildman–Crippen LogP) is 3.10. The Morgan fingerprint density at radius 3 is 1.48 bits per heavy atom. The van der Waals surface area contributed by atoms with Crippen molar-refractivity contribution in [2.45, 2.75) is 59.6 Å². The summed E-state index contributed by atoms with van der Waals surface area (Å²) >= 11 is 0. The smallest absolute Gasteiger partial charge is 0.211 e. The van der Waals surface area contributed by atoms with Crippen molar-refractivity contribution in [3.63, 3.8) is 0 Å². The summed E-state index contributed by atoms with van der Waals surface area (Å²) in [7, 11) is -9.59. The van der Waals surface area contributed by atoms with Crippen LogP contribution >= 0.6 is 0 Å². The molecule has 1 rings (SSSR count). The Labute approximate surface area is 140 Å². The molecule has 0 spiro atoms. The van der Waals surface area contributed by atoms with Crippen molar-refractivity contribution in [1.29, 1.82) is 0 Å². The number of nitrogens with one attached hydrogen (secondary N) is 1. The molecule has 138 valence electrons. The van der Waals surface area contributed by atoms with Gasteiger partial charge in [-0.2, -0.15) is 8.42 Å². The lowest BCUT2D eigenvalue weighted by molar-refractivity contribution is 0.106. The minimum absolute atomic E-state index is 0.0710. The first-order valence-electron chi connectivity index (χ1n) is 8.23. The van der Waals surface area contributed by atoms with Crippen LogP contribution < -0.4 is 4.13 Å². The average molecular weight is 372 g/mol. The summed E-state index contributed by atoms with van der Waals surface area (Å²) in [6.45, 7) is 12.0. The van der Waals surface area contributed by atoms with E-state index in [2.05, 4.69) is 13.8 Å². The molecule has 0 aromatic rings. The summed E-state index contributed by atoms with van der Waals surface area (Å²) in [5.41, 5.74) is 0. The third-order valence-corrected chi connectivity index (χ3v) is 8.36. The molecule has 2 atom stereocenters. The molecule has 1 N–H and O–H groups in total. The quantitative estimate of drug-likeness (QED) is 0.728. The van der Waals surface area contributed by atoms with Crippen molar-refractivity contribution in [3.8, 4) is 0 Å². The minimum Gasteiger partial charge on any atom is -0.211 e. The number of hydrogen-bond donors (Lipinski definition) is 1. The fraction of sp³-hybridized carbons (Fsp3) is 1.00. The molecule has 5 nitrogen and oxygen atoms in total. The molecule has 0 radical (unpaired) electrons. The minimum atomic E-state index is -5.30. The van der Waals surface area contributed by atoms with E-state index in [4.69, 9.17) is 0 Å². The van der Waals surface area contributed by atoms with Gasteiger partial charge in [0.15, 0.2) is 0 Å². The molecule has 0 aromatic heterocycles. The van der Waals surface area contributed by atoms with E-state index in [-0.39, 0.29) is 23.7 Å².